The Balaban J connectivity index is 0.00000200. The van der Waals surface area contributed by atoms with E-state index < -0.39 is 6.04 Å². The molecular weight excluding hydrogens is 309 g/mol. The number of halogens is 2. The minimum Gasteiger partial charge on any atom is -0.352 e. The lowest BCUT2D eigenvalue weighted by atomic mass is 9.81. The fourth-order valence-electron chi connectivity index (χ4n) is 3.42. The molecule has 2 aliphatic rings. The maximum Gasteiger partial charge on any atom is 0.237 e. The molecule has 2 fully saturated rings. The van der Waals surface area contributed by atoms with Crippen molar-refractivity contribution in [3.05, 3.63) is 0 Å². The van der Waals surface area contributed by atoms with E-state index in [9.17, 15) is 4.79 Å². The summed E-state index contributed by atoms with van der Waals surface area (Å²) in [7, 11) is 2.23. The molecule has 126 valence electrons. The van der Waals surface area contributed by atoms with Gasteiger partial charge in [0, 0.05) is 18.1 Å². The molecule has 2 unspecified atom stereocenters. The lowest BCUT2D eigenvalue weighted by molar-refractivity contribution is -0.126. The predicted octanol–water partition coefficient (Wildman–Crippen LogP) is 2.33. The monoisotopic (exact) mass is 339 g/mol. The zero-order valence-corrected chi connectivity index (χ0v) is 15.2. The SMILES string of the molecule is CN1C2CCCC1CC(NC(=O)[C@@H](N)C(C)(C)C)C2.Cl.Cl. The van der Waals surface area contributed by atoms with Crippen molar-refractivity contribution in [3.8, 4) is 0 Å². The highest BCUT2D eigenvalue weighted by molar-refractivity contribution is 5.85. The number of hydrogen-bond donors (Lipinski definition) is 2. The van der Waals surface area contributed by atoms with Crippen LogP contribution in [0.5, 0.6) is 0 Å². The van der Waals surface area contributed by atoms with Crippen LogP contribution >= 0.6 is 24.8 Å². The number of nitrogens with zero attached hydrogens (tertiary/aromatic N) is 1. The first-order chi connectivity index (χ1) is 8.79. The Morgan fingerprint density at radius 1 is 1.19 bits per heavy atom. The first-order valence-electron chi connectivity index (χ1n) is 7.57. The standard InChI is InChI=1S/C15H29N3O.2ClH/c1-15(2,3)13(16)14(19)17-10-8-11-6-5-7-12(9-10)18(11)4;;/h10-13H,5-9,16H2,1-4H3,(H,17,19);2*1H/t10?,11?,12?,13-;;/m1../s1. The van der Waals surface area contributed by atoms with Crippen molar-refractivity contribution in [1.82, 2.24) is 10.2 Å². The van der Waals surface area contributed by atoms with Crippen molar-refractivity contribution in [3.63, 3.8) is 0 Å². The molecule has 3 atom stereocenters. The number of hydrogen-bond acceptors (Lipinski definition) is 3. The van der Waals surface area contributed by atoms with E-state index in [0.29, 0.717) is 18.1 Å². The van der Waals surface area contributed by atoms with Gasteiger partial charge in [-0.3, -0.25) is 4.79 Å². The summed E-state index contributed by atoms with van der Waals surface area (Å²) in [4.78, 5) is 14.7. The second kappa shape index (κ2) is 8.00. The lowest BCUT2D eigenvalue weighted by Crippen LogP contribution is -2.58. The van der Waals surface area contributed by atoms with Gasteiger partial charge in [-0.1, -0.05) is 27.2 Å². The van der Waals surface area contributed by atoms with E-state index >= 15 is 0 Å². The summed E-state index contributed by atoms with van der Waals surface area (Å²) in [6, 6.07) is 1.17. The van der Waals surface area contributed by atoms with Gasteiger partial charge in [-0.25, -0.2) is 0 Å². The number of carbonyl (C=O) groups excluding carboxylic acids is 1. The molecule has 0 aromatic rings. The van der Waals surface area contributed by atoms with Crippen molar-refractivity contribution in [2.24, 2.45) is 11.1 Å². The van der Waals surface area contributed by atoms with Crippen LogP contribution in [0.3, 0.4) is 0 Å². The highest BCUT2D eigenvalue weighted by Crippen LogP contribution is 2.32. The Labute approximate surface area is 141 Å². The molecule has 0 saturated carbocycles. The Kier molecular flexibility index (Phi) is 7.99. The maximum atomic E-state index is 12.2. The summed E-state index contributed by atoms with van der Waals surface area (Å²) in [6.45, 7) is 6.04. The van der Waals surface area contributed by atoms with Crippen LogP contribution in [0.4, 0.5) is 0 Å². The van der Waals surface area contributed by atoms with Crippen LogP contribution in [-0.2, 0) is 4.79 Å². The summed E-state index contributed by atoms with van der Waals surface area (Å²) in [6.07, 6.45) is 6.03. The summed E-state index contributed by atoms with van der Waals surface area (Å²) in [5.41, 5.74) is 5.86. The summed E-state index contributed by atoms with van der Waals surface area (Å²) in [5.74, 6) is 0.0140. The normalized spacial score (nSPS) is 30.6. The van der Waals surface area contributed by atoms with Crippen LogP contribution in [-0.4, -0.2) is 42.0 Å². The molecule has 2 aliphatic heterocycles. The largest absolute Gasteiger partial charge is 0.352 e. The molecule has 21 heavy (non-hydrogen) atoms. The number of rotatable bonds is 2. The average Bonchev–Trinajstić information content (AvgIpc) is 2.28. The molecule has 0 radical (unpaired) electrons. The van der Waals surface area contributed by atoms with Crippen molar-refractivity contribution in [1.29, 1.82) is 0 Å². The van der Waals surface area contributed by atoms with E-state index in [1.165, 1.54) is 19.3 Å². The first-order valence-corrected chi connectivity index (χ1v) is 7.57. The molecule has 0 aromatic carbocycles. The van der Waals surface area contributed by atoms with E-state index in [2.05, 4.69) is 17.3 Å². The van der Waals surface area contributed by atoms with Crippen LogP contribution in [0.1, 0.15) is 52.9 Å². The molecule has 2 saturated heterocycles. The predicted molar refractivity (Wildman–Crippen MR) is 92.3 cm³/mol. The molecule has 1 amide bonds. The topological polar surface area (TPSA) is 58.4 Å². The smallest absolute Gasteiger partial charge is 0.237 e. The number of fused-ring (bicyclic) bond motifs is 2. The molecular formula is C15H31Cl2N3O. The molecule has 0 aromatic heterocycles. The van der Waals surface area contributed by atoms with Crippen molar-refractivity contribution < 1.29 is 4.79 Å². The highest BCUT2D eigenvalue weighted by atomic mass is 35.5. The minimum atomic E-state index is -0.424. The fraction of sp³-hybridized carbons (Fsp3) is 0.933. The molecule has 3 N–H and O–H groups in total. The first kappa shape index (κ1) is 21.0. The molecule has 0 aliphatic carbocycles. The molecule has 0 spiro atoms. The van der Waals surface area contributed by atoms with Gasteiger partial charge in [-0.2, -0.15) is 0 Å². The number of nitrogens with one attached hydrogen (secondary N) is 1. The van der Waals surface area contributed by atoms with E-state index in [-0.39, 0.29) is 36.1 Å². The van der Waals surface area contributed by atoms with E-state index in [1.807, 2.05) is 20.8 Å². The third-order valence-electron chi connectivity index (χ3n) is 4.90. The zero-order valence-electron chi connectivity index (χ0n) is 13.6. The van der Waals surface area contributed by atoms with Crippen LogP contribution in [0.2, 0.25) is 0 Å². The van der Waals surface area contributed by atoms with Gasteiger partial charge in [0.25, 0.3) is 0 Å². The Morgan fingerprint density at radius 3 is 2.10 bits per heavy atom. The molecule has 6 heteroatoms. The number of carbonyl (C=O) groups is 1. The van der Waals surface area contributed by atoms with E-state index in [1.54, 1.807) is 0 Å². The highest BCUT2D eigenvalue weighted by Gasteiger charge is 2.37. The quantitative estimate of drug-likeness (QED) is 0.811. The molecule has 2 heterocycles. The molecule has 2 rings (SSSR count). The maximum absolute atomic E-state index is 12.2. The number of nitrogens with two attached hydrogens (primary N) is 1. The third-order valence-corrected chi connectivity index (χ3v) is 4.90. The second-order valence-corrected chi connectivity index (χ2v) is 7.42. The Bertz CT molecular complexity index is 332. The summed E-state index contributed by atoms with van der Waals surface area (Å²) in [5, 5.41) is 3.18. The van der Waals surface area contributed by atoms with Gasteiger partial charge in [0.2, 0.25) is 5.91 Å². The second-order valence-electron chi connectivity index (χ2n) is 7.42. The third kappa shape index (κ3) is 4.98. The average molecular weight is 340 g/mol. The van der Waals surface area contributed by atoms with Gasteiger partial charge in [-0.15, -0.1) is 24.8 Å². The van der Waals surface area contributed by atoms with Crippen LogP contribution in [0.15, 0.2) is 0 Å². The van der Waals surface area contributed by atoms with Gasteiger partial charge in [0.1, 0.15) is 0 Å². The van der Waals surface area contributed by atoms with Crippen molar-refractivity contribution in [2.45, 2.75) is 77.0 Å². The van der Waals surface area contributed by atoms with Crippen molar-refractivity contribution in [2.75, 3.05) is 7.05 Å². The molecule has 2 bridgehead atoms. The minimum absolute atomic E-state index is 0. The lowest BCUT2D eigenvalue weighted by Gasteiger charge is -2.47. The molecule has 4 nitrogen and oxygen atoms in total. The zero-order chi connectivity index (χ0) is 14.2. The van der Waals surface area contributed by atoms with Gasteiger partial charge in [0.15, 0.2) is 0 Å². The van der Waals surface area contributed by atoms with Crippen LogP contribution in [0, 0.1) is 5.41 Å². The van der Waals surface area contributed by atoms with Gasteiger partial charge in [-0.05, 0) is 38.1 Å². The van der Waals surface area contributed by atoms with Crippen LogP contribution < -0.4 is 11.1 Å². The van der Waals surface area contributed by atoms with Crippen LogP contribution in [0.25, 0.3) is 0 Å². The van der Waals surface area contributed by atoms with E-state index in [0.717, 1.165) is 12.8 Å². The number of piperidine rings is 2. The van der Waals surface area contributed by atoms with E-state index in [4.69, 9.17) is 5.73 Å². The summed E-state index contributed by atoms with van der Waals surface area (Å²) < 4.78 is 0. The van der Waals surface area contributed by atoms with Gasteiger partial charge >= 0.3 is 0 Å². The van der Waals surface area contributed by atoms with Gasteiger partial charge < -0.3 is 16.0 Å². The Morgan fingerprint density at radius 2 is 1.67 bits per heavy atom. The van der Waals surface area contributed by atoms with Gasteiger partial charge in [0.05, 0.1) is 6.04 Å². The summed E-state index contributed by atoms with van der Waals surface area (Å²) >= 11 is 0. The van der Waals surface area contributed by atoms with Crippen molar-refractivity contribution >= 4 is 30.7 Å². The number of amides is 1. The fourth-order valence-corrected chi connectivity index (χ4v) is 3.42. The Hall–Kier alpha value is -0.0300.